The molecule has 0 spiro atoms. The Bertz CT molecular complexity index is 455. The lowest BCUT2D eigenvalue weighted by Crippen LogP contribution is -2.50. The molecule has 2 atom stereocenters. The van der Waals surface area contributed by atoms with Crippen LogP contribution in [-0.4, -0.2) is 29.6 Å². The summed E-state index contributed by atoms with van der Waals surface area (Å²) in [7, 11) is 0. The van der Waals surface area contributed by atoms with Gasteiger partial charge in [0.25, 0.3) is 0 Å². The van der Waals surface area contributed by atoms with Gasteiger partial charge in [0, 0.05) is 13.0 Å². The van der Waals surface area contributed by atoms with E-state index in [4.69, 9.17) is 5.73 Å². The van der Waals surface area contributed by atoms with Crippen LogP contribution in [0.2, 0.25) is 0 Å². The van der Waals surface area contributed by atoms with E-state index in [0.717, 1.165) is 5.56 Å². The van der Waals surface area contributed by atoms with Crippen molar-refractivity contribution in [3.8, 4) is 0 Å². The number of nitrogens with one attached hydrogen (secondary N) is 1. The molecule has 0 saturated carbocycles. The van der Waals surface area contributed by atoms with E-state index in [-0.39, 0.29) is 18.9 Å². The minimum Gasteiger partial charge on any atom is -0.480 e. The van der Waals surface area contributed by atoms with Gasteiger partial charge in [0.1, 0.15) is 6.04 Å². The Labute approximate surface area is 119 Å². The number of hydrogen-bond donors (Lipinski definition) is 3. The summed E-state index contributed by atoms with van der Waals surface area (Å²) in [6.45, 7) is 3.79. The lowest BCUT2D eigenvalue weighted by molar-refractivity contribution is -0.143. The third kappa shape index (κ3) is 4.06. The maximum absolute atomic E-state index is 12.2. The Morgan fingerprint density at radius 2 is 1.95 bits per heavy atom. The normalized spacial score (nSPS) is 15.2. The van der Waals surface area contributed by atoms with Crippen molar-refractivity contribution in [3.05, 3.63) is 35.9 Å². The van der Waals surface area contributed by atoms with Crippen LogP contribution in [0.1, 0.15) is 25.8 Å². The Hall–Kier alpha value is -1.88. The van der Waals surface area contributed by atoms with E-state index in [1.54, 1.807) is 6.92 Å². The van der Waals surface area contributed by atoms with Gasteiger partial charge in [-0.3, -0.25) is 4.79 Å². The smallest absolute Gasteiger partial charge is 0.326 e. The lowest BCUT2D eigenvalue weighted by atomic mass is 9.86. The van der Waals surface area contributed by atoms with Crippen molar-refractivity contribution in [1.29, 1.82) is 0 Å². The Kier molecular flexibility index (Phi) is 5.70. The number of carbonyl (C=O) groups is 2. The third-order valence-electron chi connectivity index (χ3n) is 3.67. The Morgan fingerprint density at radius 3 is 2.40 bits per heavy atom. The Balaban J connectivity index is 2.78. The van der Waals surface area contributed by atoms with E-state index in [0.29, 0.717) is 6.42 Å². The zero-order valence-corrected chi connectivity index (χ0v) is 11.9. The van der Waals surface area contributed by atoms with Crippen LogP contribution in [0.4, 0.5) is 0 Å². The number of nitrogens with two attached hydrogens (primary N) is 1. The molecule has 5 heteroatoms. The number of aliphatic carboxylic acids is 1. The fourth-order valence-electron chi connectivity index (χ4n) is 1.78. The molecule has 1 aromatic carbocycles. The largest absolute Gasteiger partial charge is 0.480 e. The minimum atomic E-state index is -1.04. The van der Waals surface area contributed by atoms with Gasteiger partial charge >= 0.3 is 5.97 Å². The van der Waals surface area contributed by atoms with Crippen LogP contribution in [-0.2, 0) is 16.0 Å². The van der Waals surface area contributed by atoms with Gasteiger partial charge in [0.2, 0.25) is 5.91 Å². The molecule has 1 unspecified atom stereocenters. The van der Waals surface area contributed by atoms with Crippen molar-refractivity contribution >= 4 is 11.9 Å². The van der Waals surface area contributed by atoms with Gasteiger partial charge in [-0.25, -0.2) is 4.79 Å². The molecule has 0 aromatic heterocycles. The molecule has 1 rings (SSSR count). The predicted octanol–water partition coefficient (Wildman–Crippen LogP) is 1.17. The molecule has 0 aliphatic carbocycles. The van der Waals surface area contributed by atoms with Crippen molar-refractivity contribution < 1.29 is 14.7 Å². The second-order valence-electron chi connectivity index (χ2n) is 5.17. The van der Waals surface area contributed by atoms with Crippen LogP contribution in [0.25, 0.3) is 0 Å². The van der Waals surface area contributed by atoms with Gasteiger partial charge in [0.15, 0.2) is 0 Å². The summed E-state index contributed by atoms with van der Waals surface area (Å²) in [5.74, 6) is -1.36. The van der Waals surface area contributed by atoms with Crippen LogP contribution in [0.15, 0.2) is 30.3 Å². The first-order valence-corrected chi connectivity index (χ1v) is 6.70. The van der Waals surface area contributed by atoms with Crippen LogP contribution in [0, 0.1) is 5.41 Å². The second-order valence-corrected chi connectivity index (χ2v) is 5.17. The summed E-state index contributed by atoms with van der Waals surface area (Å²) in [5, 5.41) is 11.8. The number of carboxylic acid groups (broad SMARTS) is 1. The molecule has 0 aliphatic heterocycles. The fraction of sp³-hybridized carbons (Fsp3) is 0.467. The van der Waals surface area contributed by atoms with Crippen LogP contribution < -0.4 is 11.1 Å². The van der Waals surface area contributed by atoms with Crippen molar-refractivity contribution in [1.82, 2.24) is 5.32 Å². The molecule has 4 N–H and O–H groups in total. The number of benzene rings is 1. The fourth-order valence-corrected chi connectivity index (χ4v) is 1.78. The summed E-state index contributed by atoms with van der Waals surface area (Å²) in [6, 6.07) is 8.27. The van der Waals surface area contributed by atoms with Crippen LogP contribution in [0.3, 0.4) is 0 Å². The molecule has 0 fully saturated rings. The van der Waals surface area contributed by atoms with Gasteiger partial charge < -0.3 is 16.2 Å². The van der Waals surface area contributed by atoms with E-state index >= 15 is 0 Å². The van der Waals surface area contributed by atoms with Crippen molar-refractivity contribution in [2.45, 2.75) is 32.7 Å². The van der Waals surface area contributed by atoms with Crippen LogP contribution >= 0.6 is 0 Å². The van der Waals surface area contributed by atoms with E-state index in [2.05, 4.69) is 5.32 Å². The Morgan fingerprint density at radius 1 is 1.35 bits per heavy atom. The molecule has 1 amide bonds. The summed E-state index contributed by atoms with van der Waals surface area (Å²) in [6.07, 6.45) is 0.819. The molecule has 0 saturated heterocycles. The van der Waals surface area contributed by atoms with Crippen LogP contribution in [0.5, 0.6) is 0 Å². The monoisotopic (exact) mass is 278 g/mol. The summed E-state index contributed by atoms with van der Waals surface area (Å²) >= 11 is 0. The number of carboxylic acids is 1. The molecule has 0 heterocycles. The topological polar surface area (TPSA) is 92.4 Å². The zero-order chi connectivity index (χ0) is 15.2. The number of rotatable bonds is 7. The van der Waals surface area contributed by atoms with E-state index in [1.807, 2.05) is 37.3 Å². The molecular weight excluding hydrogens is 256 g/mol. The molecule has 0 aliphatic rings. The minimum absolute atomic E-state index is 0.188. The quantitative estimate of drug-likeness (QED) is 0.698. The second kappa shape index (κ2) is 7.05. The number of carbonyl (C=O) groups excluding carboxylic acids is 1. The summed E-state index contributed by atoms with van der Waals surface area (Å²) in [4.78, 5) is 23.5. The van der Waals surface area contributed by atoms with Gasteiger partial charge in [-0.05, 0) is 18.9 Å². The standard InChI is InChI=1S/C15H22N2O3/c1-3-15(2,10-16)14(20)17-12(13(18)19)9-11-7-5-4-6-8-11/h4-8,12H,3,9-10,16H2,1-2H3,(H,17,20)(H,18,19)/t12-,15?/m1/s1. The molecule has 20 heavy (non-hydrogen) atoms. The van der Waals surface area contributed by atoms with E-state index in [9.17, 15) is 14.7 Å². The van der Waals surface area contributed by atoms with Crippen molar-refractivity contribution in [2.24, 2.45) is 11.1 Å². The summed E-state index contributed by atoms with van der Waals surface area (Å²) < 4.78 is 0. The molecule has 5 nitrogen and oxygen atoms in total. The number of amides is 1. The molecule has 0 bridgehead atoms. The van der Waals surface area contributed by atoms with Crippen molar-refractivity contribution in [2.75, 3.05) is 6.54 Å². The van der Waals surface area contributed by atoms with E-state index < -0.39 is 17.4 Å². The average Bonchev–Trinajstić information content (AvgIpc) is 2.46. The predicted molar refractivity (Wildman–Crippen MR) is 77.2 cm³/mol. The third-order valence-corrected chi connectivity index (χ3v) is 3.67. The zero-order valence-electron chi connectivity index (χ0n) is 11.9. The first kappa shape index (κ1) is 16.2. The summed E-state index contributed by atoms with van der Waals surface area (Å²) in [5.41, 5.74) is 5.75. The van der Waals surface area contributed by atoms with Gasteiger partial charge in [-0.15, -0.1) is 0 Å². The highest BCUT2D eigenvalue weighted by atomic mass is 16.4. The first-order chi connectivity index (χ1) is 9.42. The highest BCUT2D eigenvalue weighted by Gasteiger charge is 2.32. The van der Waals surface area contributed by atoms with Crippen molar-refractivity contribution in [3.63, 3.8) is 0 Å². The lowest BCUT2D eigenvalue weighted by Gasteiger charge is -2.27. The van der Waals surface area contributed by atoms with Gasteiger partial charge in [0.05, 0.1) is 5.41 Å². The first-order valence-electron chi connectivity index (χ1n) is 6.70. The van der Waals surface area contributed by atoms with E-state index in [1.165, 1.54) is 0 Å². The maximum atomic E-state index is 12.2. The molecule has 0 radical (unpaired) electrons. The SMILES string of the molecule is CCC(C)(CN)C(=O)N[C@H](Cc1ccccc1)C(=O)O. The molecule has 110 valence electrons. The maximum Gasteiger partial charge on any atom is 0.326 e. The van der Waals surface area contributed by atoms with Gasteiger partial charge in [-0.1, -0.05) is 37.3 Å². The average molecular weight is 278 g/mol. The molecular formula is C15H22N2O3. The van der Waals surface area contributed by atoms with Gasteiger partial charge in [-0.2, -0.15) is 0 Å². The molecule has 1 aromatic rings. The number of hydrogen-bond acceptors (Lipinski definition) is 3. The highest BCUT2D eigenvalue weighted by Crippen LogP contribution is 2.19. The highest BCUT2D eigenvalue weighted by molar-refractivity contribution is 5.87.